The first-order valence-corrected chi connectivity index (χ1v) is 13.6. The molecule has 2 aromatic carbocycles. The Balaban J connectivity index is 1.81. The molecular formula is C29H32N2O6S. The molecule has 1 atom stereocenters. The Morgan fingerprint density at radius 1 is 1.03 bits per heavy atom. The lowest BCUT2D eigenvalue weighted by Gasteiger charge is -2.24. The van der Waals surface area contributed by atoms with Crippen LogP contribution in [0.1, 0.15) is 56.7 Å². The maximum absolute atomic E-state index is 13.4. The predicted molar refractivity (Wildman–Crippen MR) is 147 cm³/mol. The molecule has 0 spiro atoms. The molecule has 1 aliphatic heterocycles. The molecule has 200 valence electrons. The number of ether oxygens (including phenoxy) is 3. The minimum absolute atomic E-state index is 0.0300. The van der Waals surface area contributed by atoms with Crippen molar-refractivity contribution in [1.29, 1.82) is 0 Å². The van der Waals surface area contributed by atoms with Gasteiger partial charge in [-0.1, -0.05) is 44.9 Å². The van der Waals surface area contributed by atoms with Crippen molar-refractivity contribution >= 4 is 33.9 Å². The fraction of sp³-hybridized carbons (Fsp3) is 0.345. The van der Waals surface area contributed by atoms with Crippen molar-refractivity contribution in [3.63, 3.8) is 0 Å². The van der Waals surface area contributed by atoms with Crippen LogP contribution in [0.4, 0.5) is 5.13 Å². The fourth-order valence-corrected chi connectivity index (χ4v) is 4.87. The van der Waals surface area contributed by atoms with E-state index in [0.717, 1.165) is 25.7 Å². The largest absolute Gasteiger partial charge is 0.507 e. The van der Waals surface area contributed by atoms with Crippen molar-refractivity contribution in [2.24, 2.45) is 0 Å². The maximum Gasteiger partial charge on any atom is 0.301 e. The molecule has 4 rings (SSSR count). The van der Waals surface area contributed by atoms with Crippen LogP contribution in [-0.4, -0.2) is 42.1 Å². The van der Waals surface area contributed by atoms with Crippen LogP contribution in [0.3, 0.4) is 0 Å². The third-order valence-corrected chi connectivity index (χ3v) is 6.97. The normalized spacial score (nSPS) is 16.6. The number of hydrogen-bond acceptors (Lipinski definition) is 8. The summed E-state index contributed by atoms with van der Waals surface area (Å²) in [6.07, 6.45) is 5.35. The number of Topliss-reactive ketones (excluding diaryl/α,β-unsaturated/α-hetero) is 1. The number of aromatic nitrogens is 1. The van der Waals surface area contributed by atoms with Gasteiger partial charge in [0.1, 0.15) is 11.5 Å². The topological polar surface area (TPSA) is 98.2 Å². The van der Waals surface area contributed by atoms with E-state index in [9.17, 15) is 14.7 Å². The van der Waals surface area contributed by atoms with Crippen molar-refractivity contribution in [3.05, 3.63) is 70.7 Å². The van der Waals surface area contributed by atoms with Gasteiger partial charge in [-0.25, -0.2) is 4.98 Å². The summed E-state index contributed by atoms with van der Waals surface area (Å²) < 4.78 is 17.2. The number of amides is 1. The molecule has 2 heterocycles. The molecule has 1 aromatic heterocycles. The lowest BCUT2D eigenvalue weighted by molar-refractivity contribution is -0.132. The third-order valence-electron chi connectivity index (χ3n) is 6.20. The molecule has 38 heavy (non-hydrogen) atoms. The lowest BCUT2D eigenvalue weighted by atomic mass is 9.95. The summed E-state index contributed by atoms with van der Waals surface area (Å²) in [6.45, 7) is 5.24. The summed E-state index contributed by atoms with van der Waals surface area (Å²) in [4.78, 5) is 32.3. The molecule has 1 aliphatic rings. The molecule has 1 unspecified atom stereocenters. The number of carbonyl (C=O) groups is 2. The number of aliphatic hydroxyl groups is 1. The van der Waals surface area contributed by atoms with E-state index >= 15 is 0 Å². The smallest absolute Gasteiger partial charge is 0.301 e. The zero-order valence-corrected chi connectivity index (χ0v) is 22.6. The van der Waals surface area contributed by atoms with Crippen molar-refractivity contribution in [3.8, 4) is 17.2 Å². The monoisotopic (exact) mass is 536 g/mol. The van der Waals surface area contributed by atoms with Gasteiger partial charge in [-0.3, -0.25) is 14.5 Å². The van der Waals surface area contributed by atoms with E-state index in [1.54, 1.807) is 54.0 Å². The molecule has 1 fully saturated rings. The van der Waals surface area contributed by atoms with Crippen LogP contribution in [0, 0.1) is 0 Å². The second-order valence-corrected chi connectivity index (χ2v) is 9.70. The SMILES string of the molecule is CCCCOc1cccc(/C(O)=C2\C(=O)C(=O)N(c3nccs3)C2c2ccc(OCCCC)c(OC)c2)c1. The highest BCUT2D eigenvalue weighted by Crippen LogP contribution is 2.44. The Morgan fingerprint density at radius 2 is 1.79 bits per heavy atom. The molecule has 3 aromatic rings. The van der Waals surface area contributed by atoms with Crippen LogP contribution in [0.2, 0.25) is 0 Å². The highest BCUT2D eigenvalue weighted by Gasteiger charge is 2.48. The van der Waals surface area contributed by atoms with Gasteiger partial charge < -0.3 is 19.3 Å². The predicted octanol–water partition coefficient (Wildman–Crippen LogP) is 6.14. The number of anilines is 1. The molecule has 1 N–H and O–H groups in total. The minimum atomic E-state index is -0.913. The first kappa shape index (κ1) is 27.2. The van der Waals surface area contributed by atoms with Crippen LogP contribution in [0.5, 0.6) is 17.2 Å². The molecule has 1 saturated heterocycles. The molecule has 0 aliphatic carbocycles. The second kappa shape index (κ2) is 12.6. The summed E-state index contributed by atoms with van der Waals surface area (Å²) in [7, 11) is 1.54. The Kier molecular flexibility index (Phi) is 9.02. The van der Waals surface area contributed by atoms with E-state index in [-0.39, 0.29) is 11.3 Å². The average Bonchev–Trinajstić information content (AvgIpc) is 3.55. The van der Waals surface area contributed by atoms with Gasteiger partial charge in [0.15, 0.2) is 16.6 Å². The maximum atomic E-state index is 13.4. The van der Waals surface area contributed by atoms with Crippen LogP contribution in [0.25, 0.3) is 5.76 Å². The van der Waals surface area contributed by atoms with Gasteiger partial charge in [0.2, 0.25) is 0 Å². The van der Waals surface area contributed by atoms with E-state index in [4.69, 9.17) is 14.2 Å². The number of benzene rings is 2. The second-order valence-electron chi connectivity index (χ2n) is 8.83. The van der Waals surface area contributed by atoms with Crippen molar-refractivity contribution in [1.82, 2.24) is 4.98 Å². The Bertz CT molecular complexity index is 1300. The zero-order valence-electron chi connectivity index (χ0n) is 21.8. The number of thiazole rings is 1. The fourth-order valence-electron chi connectivity index (χ4n) is 4.20. The quantitative estimate of drug-likeness (QED) is 0.129. The number of methoxy groups -OCH3 is 1. The number of ketones is 1. The number of hydrogen-bond donors (Lipinski definition) is 1. The van der Waals surface area contributed by atoms with Crippen molar-refractivity contribution in [2.45, 2.75) is 45.6 Å². The molecule has 1 amide bonds. The minimum Gasteiger partial charge on any atom is -0.507 e. The average molecular weight is 537 g/mol. The van der Waals surface area contributed by atoms with E-state index in [0.29, 0.717) is 46.7 Å². The van der Waals surface area contributed by atoms with Gasteiger partial charge in [-0.05, 0) is 42.7 Å². The Labute approximate surface area is 226 Å². The highest BCUT2D eigenvalue weighted by atomic mass is 32.1. The number of nitrogens with zero attached hydrogens (tertiary/aromatic N) is 2. The number of carbonyl (C=O) groups excluding carboxylic acids is 2. The van der Waals surface area contributed by atoms with Crippen LogP contribution >= 0.6 is 11.3 Å². The van der Waals surface area contributed by atoms with Gasteiger partial charge >= 0.3 is 5.91 Å². The van der Waals surface area contributed by atoms with Gasteiger partial charge in [0, 0.05) is 17.1 Å². The van der Waals surface area contributed by atoms with Gasteiger partial charge in [-0.15, -0.1) is 11.3 Å². The number of rotatable bonds is 12. The first-order valence-electron chi connectivity index (χ1n) is 12.7. The third kappa shape index (κ3) is 5.67. The van der Waals surface area contributed by atoms with E-state index in [1.807, 2.05) is 0 Å². The molecule has 8 nitrogen and oxygen atoms in total. The highest BCUT2D eigenvalue weighted by molar-refractivity contribution is 7.14. The van der Waals surface area contributed by atoms with Crippen LogP contribution < -0.4 is 19.1 Å². The lowest BCUT2D eigenvalue weighted by Crippen LogP contribution is -2.29. The molecule has 0 saturated carbocycles. The summed E-state index contributed by atoms with van der Waals surface area (Å²) in [5.41, 5.74) is 0.932. The van der Waals surface area contributed by atoms with E-state index in [2.05, 4.69) is 18.8 Å². The zero-order chi connectivity index (χ0) is 27.1. The summed E-state index contributed by atoms with van der Waals surface area (Å²) in [5, 5.41) is 13.5. The standard InChI is InChI=1S/C29H32N2O6S/c1-4-6-14-36-21-10-8-9-20(17-21)26(32)24-25(31(28(34)27(24)33)29-30-13-16-38-29)19-11-12-22(23(18-19)35-3)37-15-7-5-2/h8-13,16-18,25,32H,4-7,14-15H2,1-3H3/b26-24+. The summed E-state index contributed by atoms with van der Waals surface area (Å²) >= 11 is 1.24. The van der Waals surface area contributed by atoms with Crippen molar-refractivity contribution in [2.75, 3.05) is 25.2 Å². The van der Waals surface area contributed by atoms with Crippen molar-refractivity contribution < 1.29 is 28.9 Å². The van der Waals surface area contributed by atoms with Crippen LogP contribution in [0.15, 0.2) is 59.6 Å². The summed E-state index contributed by atoms with van der Waals surface area (Å²) in [5.74, 6) is -0.229. The van der Waals surface area contributed by atoms with Gasteiger partial charge in [0.25, 0.3) is 5.78 Å². The van der Waals surface area contributed by atoms with Gasteiger partial charge in [-0.2, -0.15) is 0 Å². The number of unbranched alkanes of at least 4 members (excludes halogenated alkanes) is 2. The van der Waals surface area contributed by atoms with E-state index in [1.165, 1.54) is 23.3 Å². The molecular weight excluding hydrogens is 504 g/mol. The Hall–Kier alpha value is -3.85. The van der Waals surface area contributed by atoms with Gasteiger partial charge in [0.05, 0.1) is 31.9 Å². The van der Waals surface area contributed by atoms with Crippen LogP contribution in [-0.2, 0) is 9.59 Å². The molecule has 0 bridgehead atoms. The molecule has 0 radical (unpaired) electrons. The first-order chi connectivity index (χ1) is 18.5. The Morgan fingerprint density at radius 3 is 2.47 bits per heavy atom. The number of aliphatic hydroxyl groups excluding tert-OH is 1. The molecule has 9 heteroatoms. The van der Waals surface area contributed by atoms with E-state index < -0.39 is 17.7 Å². The summed E-state index contributed by atoms with van der Waals surface area (Å²) in [6, 6.07) is 11.2.